The van der Waals surface area contributed by atoms with Gasteiger partial charge >= 0.3 is 0 Å². The molecule has 0 bridgehead atoms. The van der Waals surface area contributed by atoms with Crippen LogP contribution in [-0.2, 0) is 11.4 Å². The minimum atomic E-state index is -0.450. The quantitative estimate of drug-likeness (QED) is 0.343. The van der Waals surface area contributed by atoms with E-state index in [2.05, 4.69) is 0 Å². The summed E-state index contributed by atoms with van der Waals surface area (Å²) >= 11 is 0.899. The van der Waals surface area contributed by atoms with E-state index >= 15 is 0 Å². The molecule has 30 heavy (non-hydrogen) atoms. The Balaban J connectivity index is 1.83. The number of hydrogen-bond acceptors (Lipinski definition) is 7. The number of amides is 2. The molecular formula is C21H20N2O6S. The minimum Gasteiger partial charge on any atom is -0.490 e. The van der Waals surface area contributed by atoms with Crippen molar-refractivity contribution in [3.63, 3.8) is 0 Å². The van der Waals surface area contributed by atoms with Crippen LogP contribution in [0.1, 0.15) is 25.0 Å². The van der Waals surface area contributed by atoms with Crippen LogP contribution < -0.4 is 9.47 Å². The Morgan fingerprint density at radius 2 is 1.87 bits per heavy atom. The highest BCUT2D eigenvalue weighted by atomic mass is 32.2. The zero-order chi connectivity index (χ0) is 21.7. The molecule has 0 radical (unpaired) electrons. The van der Waals surface area contributed by atoms with Crippen molar-refractivity contribution in [2.45, 2.75) is 20.5 Å². The standard InChI is InChI=1S/C21H20N2O6S/c1-3-22-20(24)19(30-21(22)25)12-14-9-10-17(18(11-14)28-4-2)29-13-15-7-5-6-8-16(15)23(26)27/h5-12H,3-4,13H2,1-2H3/b19-12+. The Hall–Kier alpha value is -3.33. The normalized spacial score (nSPS) is 15.0. The van der Waals surface area contributed by atoms with Gasteiger partial charge in [0.1, 0.15) is 6.61 Å². The van der Waals surface area contributed by atoms with Crippen molar-refractivity contribution in [1.29, 1.82) is 0 Å². The van der Waals surface area contributed by atoms with Crippen LogP contribution in [0.3, 0.4) is 0 Å². The number of carbonyl (C=O) groups excluding carboxylic acids is 2. The summed E-state index contributed by atoms with van der Waals surface area (Å²) in [5, 5.41) is 10.9. The maximum atomic E-state index is 12.3. The first-order valence-electron chi connectivity index (χ1n) is 9.31. The fourth-order valence-corrected chi connectivity index (χ4v) is 3.80. The number of para-hydroxylation sites is 1. The highest BCUT2D eigenvalue weighted by molar-refractivity contribution is 8.18. The van der Waals surface area contributed by atoms with Gasteiger partial charge in [0.05, 0.1) is 22.0 Å². The number of carbonyl (C=O) groups is 2. The number of likely N-dealkylation sites (N-methyl/N-ethyl adjacent to an activating group) is 1. The van der Waals surface area contributed by atoms with Crippen LogP contribution in [0.5, 0.6) is 11.5 Å². The molecule has 156 valence electrons. The van der Waals surface area contributed by atoms with E-state index in [1.807, 2.05) is 6.92 Å². The summed E-state index contributed by atoms with van der Waals surface area (Å²) in [4.78, 5) is 36.4. The monoisotopic (exact) mass is 428 g/mol. The van der Waals surface area contributed by atoms with E-state index < -0.39 is 4.92 Å². The third-order valence-corrected chi connectivity index (χ3v) is 5.23. The second-order valence-electron chi connectivity index (χ2n) is 6.24. The van der Waals surface area contributed by atoms with Crippen molar-refractivity contribution in [2.75, 3.05) is 13.2 Å². The molecular weight excluding hydrogens is 408 g/mol. The zero-order valence-corrected chi connectivity index (χ0v) is 17.3. The van der Waals surface area contributed by atoms with E-state index in [1.165, 1.54) is 11.0 Å². The van der Waals surface area contributed by atoms with Gasteiger partial charge in [-0.2, -0.15) is 0 Å². The number of hydrogen-bond donors (Lipinski definition) is 0. The molecule has 2 amide bonds. The lowest BCUT2D eigenvalue weighted by Crippen LogP contribution is -2.27. The van der Waals surface area contributed by atoms with E-state index in [4.69, 9.17) is 9.47 Å². The number of nitro benzene ring substituents is 1. The third kappa shape index (κ3) is 4.62. The number of imide groups is 1. The van der Waals surface area contributed by atoms with E-state index in [0.717, 1.165) is 11.8 Å². The molecule has 2 aromatic carbocycles. The summed E-state index contributed by atoms with van der Waals surface area (Å²) in [6, 6.07) is 11.5. The van der Waals surface area contributed by atoms with Crippen LogP contribution in [0, 0.1) is 10.1 Å². The van der Waals surface area contributed by atoms with Gasteiger partial charge in [-0.3, -0.25) is 24.6 Å². The maximum absolute atomic E-state index is 12.3. The van der Waals surface area contributed by atoms with Crippen molar-refractivity contribution in [3.8, 4) is 11.5 Å². The molecule has 3 rings (SSSR count). The molecule has 1 heterocycles. The third-order valence-electron chi connectivity index (χ3n) is 4.33. The average molecular weight is 428 g/mol. The topological polar surface area (TPSA) is 99.0 Å². The van der Waals surface area contributed by atoms with Gasteiger partial charge in [0, 0.05) is 12.6 Å². The van der Waals surface area contributed by atoms with Gasteiger partial charge in [-0.15, -0.1) is 0 Å². The number of rotatable bonds is 8. The second-order valence-corrected chi connectivity index (χ2v) is 7.23. The minimum absolute atomic E-state index is 0.00592. The zero-order valence-electron chi connectivity index (χ0n) is 16.5. The van der Waals surface area contributed by atoms with Crippen LogP contribution in [-0.4, -0.2) is 34.1 Å². The molecule has 1 aliphatic rings. The summed E-state index contributed by atoms with van der Waals surface area (Å²) in [6.45, 7) is 4.29. The summed E-state index contributed by atoms with van der Waals surface area (Å²) in [5.74, 6) is 0.551. The van der Waals surface area contributed by atoms with Crippen LogP contribution >= 0.6 is 11.8 Å². The van der Waals surface area contributed by atoms with Crippen LogP contribution in [0.2, 0.25) is 0 Å². The highest BCUT2D eigenvalue weighted by Crippen LogP contribution is 2.35. The number of nitro groups is 1. The van der Waals surface area contributed by atoms with Gasteiger partial charge in [-0.25, -0.2) is 0 Å². The molecule has 2 aromatic rings. The molecule has 0 aromatic heterocycles. The molecule has 0 unspecified atom stereocenters. The van der Waals surface area contributed by atoms with Gasteiger partial charge in [0.2, 0.25) is 0 Å². The van der Waals surface area contributed by atoms with Crippen molar-refractivity contribution in [2.24, 2.45) is 0 Å². The Labute approximate surface area is 177 Å². The largest absolute Gasteiger partial charge is 0.490 e. The van der Waals surface area contributed by atoms with Crippen molar-refractivity contribution in [1.82, 2.24) is 4.90 Å². The first kappa shape index (κ1) is 21.4. The van der Waals surface area contributed by atoms with E-state index in [-0.39, 0.29) is 23.4 Å². The molecule has 0 saturated carbocycles. The average Bonchev–Trinajstić information content (AvgIpc) is 3.00. The van der Waals surface area contributed by atoms with Crippen molar-refractivity contribution >= 4 is 34.7 Å². The molecule has 0 N–H and O–H groups in total. The Morgan fingerprint density at radius 3 is 2.53 bits per heavy atom. The lowest BCUT2D eigenvalue weighted by atomic mass is 10.1. The molecule has 8 nitrogen and oxygen atoms in total. The van der Waals surface area contributed by atoms with Gasteiger partial charge in [0.25, 0.3) is 16.8 Å². The first-order chi connectivity index (χ1) is 14.4. The Kier molecular flexibility index (Phi) is 6.73. The van der Waals surface area contributed by atoms with E-state index in [0.29, 0.717) is 40.7 Å². The summed E-state index contributed by atoms with van der Waals surface area (Å²) < 4.78 is 11.4. The SMILES string of the molecule is CCOc1cc(/C=C2/SC(=O)N(CC)C2=O)ccc1OCc1ccccc1[N+](=O)[O-]. The second kappa shape index (κ2) is 9.45. The lowest BCUT2D eigenvalue weighted by molar-refractivity contribution is -0.385. The summed E-state index contributed by atoms with van der Waals surface area (Å²) in [5.41, 5.74) is 1.11. The number of ether oxygens (including phenoxy) is 2. The summed E-state index contributed by atoms with van der Waals surface area (Å²) in [6.07, 6.45) is 1.63. The first-order valence-corrected chi connectivity index (χ1v) is 10.1. The van der Waals surface area contributed by atoms with Gasteiger partial charge in [0.15, 0.2) is 11.5 Å². The molecule has 1 saturated heterocycles. The highest BCUT2D eigenvalue weighted by Gasteiger charge is 2.33. The Bertz CT molecular complexity index is 1020. The van der Waals surface area contributed by atoms with Crippen LogP contribution in [0.15, 0.2) is 47.4 Å². The number of benzene rings is 2. The van der Waals surface area contributed by atoms with Crippen LogP contribution in [0.25, 0.3) is 6.08 Å². The van der Waals surface area contributed by atoms with E-state index in [9.17, 15) is 19.7 Å². The van der Waals surface area contributed by atoms with E-state index in [1.54, 1.807) is 49.4 Å². The fourth-order valence-electron chi connectivity index (χ4n) is 2.89. The lowest BCUT2D eigenvalue weighted by Gasteiger charge is -2.13. The molecule has 0 spiro atoms. The van der Waals surface area contributed by atoms with Gasteiger partial charge < -0.3 is 9.47 Å². The molecule has 9 heteroatoms. The smallest absolute Gasteiger partial charge is 0.293 e. The predicted molar refractivity (Wildman–Crippen MR) is 113 cm³/mol. The summed E-state index contributed by atoms with van der Waals surface area (Å²) in [7, 11) is 0. The van der Waals surface area contributed by atoms with Crippen molar-refractivity contribution < 1.29 is 24.0 Å². The van der Waals surface area contributed by atoms with Gasteiger partial charge in [-0.1, -0.05) is 18.2 Å². The number of nitrogens with zero attached hydrogens (tertiary/aromatic N) is 2. The molecule has 1 aliphatic heterocycles. The molecule has 1 fully saturated rings. The van der Waals surface area contributed by atoms with Crippen molar-refractivity contribution in [3.05, 3.63) is 68.6 Å². The Morgan fingerprint density at radius 1 is 1.10 bits per heavy atom. The molecule has 0 aliphatic carbocycles. The van der Waals surface area contributed by atoms with Crippen LogP contribution in [0.4, 0.5) is 10.5 Å². The fraction of sp³-hybridized carbons (Fsp3) is 0.238. The maximum Gasteiger partial charge on any atom is 0.293 e. The predicted octanol–water partition coefficient (Wildman–Crippen LogP) is 4.63. The van der Waals surface area contributed by atoms with Gasteiger partial charge in [-0.05, 0) is 55.4 Å². The number of thioether (sulfide) groups is 1. The molecule has 0 atom stereocenters.